The number of anilines is 2. The van der Waals surface area contributed by atoms with E-state index in [1.54, 1.807) is 26.2 Å². The van der Waals surface area contributed by atoms with Gasteiger partial charge in [-0.3, -0.25) is 4.79 Å². The Morgan fingerprint density at radius 2 is 1.83 bits per heavy atom. The molecule has 0 spiro atoms. The molecule has 0 radical (unpaired) electrons. The lowest BCUT2D eigenvalue weighted by Crippen LogP contribution is -2.49. The van der Waals surface area contributed by atoms with E-state index in [0.717, 1.165) is 28.1 Å². The number of likely N-dealkylation sites (tertiary alicyclic amines) is 1. The van der Waals surface area contributed by atoms with Crippen molar-refractivity contribution in [2.24, 2.45) is 5.41 Å². The number of pyridine rings is 1. The summed E-state index contributed by atoms with van der Waals surface area (Å²) < 4.78 is 9.58. The fourth-order valence-electron chi connectivity index (χ4n) is 4.95. The highest BCUT2D eigenvalue weighted by molar-refractivity contribution is 5.98. The van der Waals surface area contributed by atoms with Crippen molar-refractivity contribution in [1.29, 1.82) is 5.26 Å². The Kier molecular flexibility index (Phi) is 6.38. The maximum atomic E-state index is 12.9. The SMILES string of the molecule is Cc1cc(Nc2ncnn3ccc(C4CN(C(=O)/C(C#N)=C/C(C)(C)C)C4)c23)ccc1Oc1ccn2ncnc2c1. The van der Waals surface area contributed by atoms with E-state index in [4.69, 9.17) is 4.74 Å². The molecule has 1 aliphatic rings. The van der Waals surface area contributed by atoms with E-state index < -0.39 is 0 Å². The topological polar surface area (TPSA) is 126 Å². The number of nitriles is 1. The summed E-state index contributed by atoms with van der Waals surface area (Å²) in [5.74, 6) is 1.96. The van der Waals surface area contributed by atoms with Crippen LogP contribution in [0.15, 0.2) is 73.1 Å². The predicted molar refractivity (Wildman–Crippen MR) is 153 cm³/mol. The molecule has 1 fully saturated rings. The molecular formula is C30H29N9O2. The lowest BCUT2D eigenvalue weighted by atomic mass is 9.89. The molecule has 5 aromatic rings. The van der Waals surface area contributed by atoms with E-state index >= 15 is 0 Å². The summed E-state index contributed by atoms with van der Waals surface area (Å²) in [6.45, 7) is 8.96. The van der Waals surface area contributed by atoms with Gasteiger partial charge in [0.2, 0.25) is 0 Å². The number of hydrogen-bond acceptors (Lipinski definition) is 8. The van der Waals surface area contributed by atoms with Gasteiger partial charge in [-0.15, -0.1) is 0 Å². The highest BCUT2D eigenvalue weighted by Gasteiger charge is 2.35. The van der Waals surface area contributed by atoms with Crippen molar-refractivity contribution in [3.8, 4) is 17.6 Å². The number of nitrogens with zero attached hydrogens (tertiary/aromatic N) is 8. The first-order chi connectivity index (χ1) is 19.7. The van der Waals surface area contributed by atoms with Crippen LogP contribution in [0.25, 0.3) is 11.2 Å². The van der Waals surface area contributed by atoms with Crippen LogP contribution in [-0.2, 0) is 4.79 Å². The summed E-state index contributed by atoms with van der Waals surface area (Å²) in [5.41, 5.74) is 4.35. The molecule has 1 aliphatic heterocycles. The van der Waals surface area contributed by atoms with Crippen molar-refractivity contribution < 1.29 is 9.53 Å². The molecule has 11 nitrogen and oxygen atoms in total. The van der Waals surface area contributed by atoms with Gasteiger partial charge >= 0.3 is 0 Å². The van der Waals surface area contributed by atoms with Gasteiger partial charge in [0, 0.05) is 43.2 Å². The normalized spacial score (nSPS) is 14.2. The number of carbonyl (C=O) groups is 1. The summed E-state index contributed by atoms with van der Waals surface area (Å²) in [6, 6.07) is 13.6. The Morgan fingerprint density at radius 1 is 1.07 bits per heavy atom. The number of benzene rings is 1. The molecule has 1 amide bonds. The molecule has 5 heterocycles. The summed E-state index contributed by atoms with van der Waals surface area (Å²) in [4.78, 5) is 23.4. The van der Waals surface area contributed by atoms with Crippen LogP contribution in [0.1, 0.15) is 37.8 Å². The minimum atomic E-state index is -0.254. The van der Waals surface area contributed by atoms with Gasteiger partial charge in [0.05, 0.1) is 0 Å². The average molecular weight is 548 g/mol. The minimum Gasteiger partial charge on any atom is -0.457 e. The number of aromatic nitrogens is 6. The second-order valence-electron chi connectivity index (χ2n) is 11.2. The van der Waals surface area contributed by atoms with Crippen LogP contribution < -0.4 is 10.1 Å². The van der Waals surface area contributed by atoms with Gasteiger partial charge in [-0.05, 0) is 53.8 Å². The number of carbonyl (C=O) groups excluding carboxylic acids is 1. The van der Waals surface area contributed by atoms with E-state index in [0.29, 0.717) is 30.3 Å². The van der Waals surface area contributed by atoms with Gasteiger partial charge in [-0.2, -0.15) is 15.5 Å². The molecule has 0 bridgehead atoms. The number of aryl methyl sites for hydroxylation is 1. The van der Waals surface area contributed by atoms with E-state index in [2.05, 4.69) is 31.6 Å². The highest BCUT2D eigenvalue weighted by atomic mass is 16.5. The summed E-state index contributed by atoms with van der Waals surface area (Å²) in [7, 11) is 0. The minimum absolute atomic E-state index is 0.116. The fraction of sp³-hybridized carbons (Fsp3) is 0.267. The van der Waals surface area contributed by atoms with Crippen LogP contribution in [0.5, 0.6) is 11.5 Å². The molecule has 0 saturated carbocycles. The van der Waals surface area contributed by atoms with Gasteiger partial charge in [0.25, 0.3) is 5.91 Å². The first kappa shape index (κ1) is 26.0. The monoisotopic (exact) mass is 547 g/mol. The Bertz CT molecular complexity index is 1850. The van der Waals surface area contributed by atoms with Crippen LogP contribution in [-0.4, -0.2) is 53.1 Å². The number of rotatable bonds is 6. The third-order valence-corrected chi connectivity index (χ3v) is 6.94. The number of ether oxygens (including phenoxy) is 1. The number of amides is 1. The quantitative estimate of drug-likeness (QED) is 0.232. The molecule has 6 rings (SSSR count). The van der Waals surface area contributed by atoms with Crippen molar-refractivity contribution in [2.45, 2.75) is 33.6 Å². The standard InChI is InChI=1S/C30H29N9O2/c1-19-11-22(5-6-25(19)41-23-7-9-38-26(12-23)32-17-34-38)36-28-27-24(8-10-39(27)35-18-33-28)21-15-37(16-21)29(40)20(14-31)13-30(2,3)4/h5-13,17-18,21H,15-16H2,1-4H3,(H,33,35,36)/b20-13+. The number of allylic oxidation sites excluding steroid dienone is 1. The maximum Gasteiger partial charge on any atom is 0.264 e. The van der Waals surface area contributed by atoms with Crippen molar-refractivity contribution in [1.82, 2.24) is 34.1 Å². The first-order valence-electron chi connectivity index (χ1n) is 13.3. The molecule has 0 atom stereocenters. The molecule has 11 heteroatoms. The number of hydrogen-bond donors (Lipinski definition) is 1. The molecule has 1 N–H and O–H groups in total. The van der Waals surface area contributed by atoms with Crippen molar-refractivity contribution >= 4 is 28.6 Å². The van der Waals surface area contributed by atoms with Gasteiger partial charge in [0.15, 0.2) is 11.5 Å². The second kappa shape index (κ2) is 10.1. The van der Waals surface area contributed by atoms with Crippen molar-refractivity contribution in [2.75, 3.05) is 18.4 Å². The first-order valence-corrected chi connectivity index (χ1v) is 13.3. The number of fused-ring (bicyclic) bond motifs is 2. The van der Waals surface area contributed by atoms with E-state index in [1.807, 2.05) is 70.3 Å². The van der Waals surface area contributed by atoms with E-state index in [-0.39, 0.29) is 22.8 Å². The molecule has 1 saturated heterocycles. The van der Waals surface area contributed by atoms with Crippen molar-refractivity contribution in [3.05, 3.63) is 84.2 Å². The Hall–Kier alpha value is -5.24. The molecule has 1 aromatic carbocycles. The Labute approximate surface area is 236 Å². The summed E-state index contributed by atoms with van der Waals surface area (Å²) in [5, 5.41) is 21.5. The Balaban J connectivity index is 1.19. The smallest absolute Gasteiger partial charge is 0.264 e. The molecule has 0 aliphatic carbocycles. The van der Waals surface area contributed by atoms with Crippen LogP contribution >= 0.6 is 0 Å². The van der Waals surface area contributed by atoms with Crippen molar-refractivity contribution in [3.63, 3.8) is 0 Å². The van der Waals surface area contributed by atoms with E-state index in [1.165, 1.54) is 12.7 Å². The second-order valence-corrected chi connectivity index (χ2v) is 11.2. The predicted octanol–water partition coefficient (Wildman–Crippen LogP) is 5.04. The zero-order chi connectivity index (χ0) is 28.7. The zero-order valence-corrected chi connectivity index (χ0v) is 23.2. The fourth-order valence-corrected chi connectivity index (χ4v) is 4.95. The zero-order valence-electron chi connectivity index (χ0n) is 23.2. The van der Waals surface area contributed by atoms with Gasteiger partial charge in [0.1, 0.15) is 41.3 Å². The lowest BCUT2D eigenvalue weighted by molar-refractivity contribution is -0.131. The van der Waals surface area contributed by atoms with Crippen LogP contribution in [0.2, 0.25) is 0 Å². The molecule has 206 valence electrons. The molecular weight excluding hydrogens is 518 g/mol. The maximum absolute atomic E-state index is 12.9. The molecule has 4 aromatic heterocycles. The van der Waals surface area contributed by atoms with Crippen LogP contribution in [0.3, 0.4) is 0 Å². The number of nitrogens with one attached hydrogen (secondary N) is 1. The van der Waals surface area contributed by atoms with E-state index in [9.17, 15) is 10.1 Å². The third kappa shape index (κ3) is 5.19. The third-order valence-electron chi connectivity index (χ3n) is 6.94. The van der Waals surface area contributed by atoms with Gasteiger partial charge in [-0.1, -0.05) is 26.8 Å². The van der Waals surface area contributed by atoms with Crippen LogP contribution in [0.4, 0.5) is 11.5 Å². The Morgan fingerprint density at radius 3 is 2.59 bits per heavy atom. The lowest BCUT2D eigenvalue weighted by Gasteiger charge is -2.39. The highest BCUT2D eigenvalue weighted by Crippen LogP contribution is 2.35. The summed E-state index contributed by atoms with van der Waals surface area (Å²) >= 11 is 0. The molecule has 41 heavy (non-hydrogen) atoms. The molecule has 0 unspecified atom stereocenters. The average Bonchev–Trinajstić information content (AvgIpc) is 3.55. The largest absolute Gasteiger partial charge is 0.457 e. The summed E-state index contributed by atoms with van der Waals surface area (Å²) in [6.07, 6.45) is 8.45. The van der Waals surface area contributed by atoms with Gasteiger partial charge < -0.3 is 15.0 Å². The van der Waals surface area contributed by atoms with Gasteiger partial charge in [-0.25, -0.2) is 19.0 Å². The van der Waals surface area contributed by atoms with Crippen LogP contribution in [0, 0.1) is 23.7 Å².